The van der Waals surface area contributed by atoms with Gasteiger partial charge in [0.25, 0.3) is 0 Å². The molecule has 0 radical (unpaired) electrons. The van der Waals surface area contributed by atoms with Crippen LogP contribution < -0.4 is 113 Å². The molecule has 0 unspecified atom stereocenters. The van der Waals surface area contributed by atoms with E-state index in [-0.39, 0.29) is 122 Å². The molecule has 142 valence electrons. The van der Waals surface area contributed by atoms with E-state index in [0.717, 1.165) is 25.7 Å². The fraction of sp³-hybridized carbons (Fsp3) is 0.800. The monoisotopic (exact) mass is 428 g/mol. The molecule has 0 aliphatic carbocycles. The number of hydrogen-bond acceptors (Lipinski definition) is 9. The summed E-state index contributed by atoms with van der Waals surface area (Å²) in [4.78, 5) is 29.8. The van der Waals surface area contributed by atoms with Crippen LogP contribution in [0.15, 0.2) is 0 Å². The van der Waals surface area contributed by atoms with E-state index in [1.807, 2.05) is 0 Å². The minimum Gasteiger partial charge on any atom is -0.550 e. The second kappa shape index (κ2) is 24.8. The van der Waals surface area contributed by atoms with Gasteiger partial charge >= 0.3 is 103 Å². The van der Waals surface area contributed by atoms with Gasteiger partial charge in [0.1, 0.15) is 18.3 Å². The first-order chi connectivity index (χ1) is 11.3. The number of carbonyl (C=O) groups excluding carboxylic acids is 3. The molecule has 0 heterocycles. The van der Waals surface area contributed by atoms with Gasteiger partial charge in [-0.05, 0) is 25.7 Å². The Morgan fingerprint density at radius 1 is 0.808 bits per heavy atom. The predicted molar refractivity (Wildman–Crippen MR) is 78.1 cm³/mol. The van der Waals surface area contributed by atoms with Gasteiger partial charge < -0.3 is 45.0 Å². The summed E-state index contributed by atoms with van der Waals surface area (Å²) in [7, 11) is 0. The number of aldehydes is 1. The average molecular weight is 429 g/mol. The van der Waals surface area contributed by atoms with Crippen molar-refractivity contribution in [2.75, 3.05) is 6.61 Å². The molecule has 4 N–H and O–H groups in total. The fourth-order valence-electron chi connectivity index (χ4n) is 1.66. The maximum Gasteiger partial charge on any atom is 1.00 e. The van der Waals surface area contributed by atoms with Crippen molar-refractivity contribution in [2.24, 2.45) is 0 Å². The van der Waals surface area contributed by atoms with Gasteiger partial charge in [0.05, 0.1) is 6.61 Å². The summed E-state index contributed by atoms with van der Waals surface area (Å²) in [5, 5.41) is 54.1. The number of carboxylic acid groups (broad SMARTS) is 2. The van der Waals surface area contributed by atoms with Crippen LogP contribution in [0, 0.1) is 0 Å². The summed E-state index contributed by atoms with van der Waals surface area (Å²) >= 11 is 0. The van der Waals surface area contributed by atoms with Gasteiger partial charge in [-0.15, -0.1) is 0 Å². The zero-order valence-corrected chi connectivity index (χ0v) is 21.7. The number of aliphatic hydroxyl groups excluding tert-OH is 4. The van der Waals surface area contributed by atoms with Crippen molar-refractivity contribution in [2.45, 2.75) is 69.7 Å². The van der Waals surface area contributed by atoms with Crippen molar-refractivity contribution >= 4 is 18.2 Å². The number of aliphatic carboxylic acids is 2. The van der Waals surface area contributed by atoms with E-state index in [2.05, 4.69) is 0 Å². The second-order valence-electron chi connectivity index (χ2n) is 5.23. The number of carboxylic acids is 2. The van der Waals surface area contributed by atoms with Gasteiger partial charge in [0.2, 0.25) is 0 Å². The molecule has 0 aliphatic heterocycles. The van der Waals surface area contributed by atoms with Gasteiger partial charge in [0.15, 0.2) is 6.29 Å². The molecule has 0 bridgehead atoms. The number of rotatable bonds is 13. The van der Waals surface area contributed by atoms with E-state index in [9.17, 15) is 24.6 Å². The maximum atomic E-state index is 10.0. The molecule has 0 aromatic rings. The van der Waals surface area contributed by atoms with Crippen LogP contribution in [0.5, 0.6) is 0 Å². The van der Waals surface area contributed by atoms with E-state index in [0.29, 0.717) is 12.8 Å². The SMILES string of the molecule is O=C([O-])CCCCCCCCC(=O)[O-].O=C[C@H](O)[C@@H](O)[C@H](O)CO.[K+].[K+]. The van der Waals surface area contributed by atoms with Crippen LogP contribution in [0.1, 0.15) is 51.4 Å². The molecule has 11 heteroatoms. The molecule has 3 atom stereocenters. The van der Waals surface area contributed by atoms with Crippen LogP contribution in [0.25, 0.3) is 0 Å². The minimum absolute atomic E-state index is 0. The third-order valence-electron chi connectivity index (χ3n) is 3.08. The first kappa shape index (κ1) is 35.2. The number of hydrogen-bond donors (Lipinski definition) is 4. The average Bonchev–Trinajstić information content (AvgIpc) is 2.55. The minimum atomic E-state index is -1.64. The van der Waals surface area contributed by atoms with Crippen molar-refractivity contribution in [3.63, 3.8) is 0 Å². The van der Waals surface area contributed by atoms with E-state index >= 15 is 0 Å². The Morgan fingerprint density at radius 3 is 1.42 bits per heavy atom. The summed E-state index contributed by atoms with van der Waals surface area (Å²) in [6, 6.07) is 0. The molecule has 0 aromatic carbocycles. The first-order valence-electron chi connectivity index (χ1n) is 7.76. The van der Waals surface area contributed by atoms with Crippen molar-refractivity contribution < 1.29 is 148 Å². The molecule has 0 fully saturated rings. The van der Waals surface area contributed by atoms with Crippen molar-refractivity contribution in [3.05, 3.63) is 0 Å². The van der Waals surface area contributed by atoms with Crippen LogP contribution in [-0.2, 0) is 14.4 Å². The summed E-state index contributed by atoms with van der Waals surface area (Å²) in [6.45, 7) is -0.688. The Bertz CT molecular complexity index is 336. The Kier molecular flexibility index (Phi) is 33.5. The van der Waals surface area contributed by atoms with Crippen molar-refractivity contribution in [1.29, 1.82) is 0 Å². The van der Waals surface area contributed by atoms with Crippen LogP contribution in [0.4, 0.5) is 0 Å². The number of unbranched alkanes of at least 4 members (excludes halogenated alkanes) is 5. The third kappa shape index (κ3) is 25.7. The van der Waals surface area contributed by atoms with Gasteiger partial charge in [-0.3, -0.25) is 0 Å². The molecule has 0 aliphatic rings. The topological polar surface area (TPSA) is 178 Å². The third-order valence-corrected chi connectivity index (χ3v) is 3.08. The molecule has 9 nitrogen and oxygen atoms in total. The van der Waals surface area contributed by atoms with Crippen molar-refractivity contribution in [1.82, 2.24) is 0 Å². The van der Waals surface area contributed by atoms with E-state index in [4.69, 9.17) is 20.4 Å². The Morgan fingerprint density at radius 2 is 1.15 bits per heavy atom. The molecule has 0 saturated heterocycles. The van der Waals surface area contributed by atoms with Crippen LogP contribution in [0.3, 0.4) is 0 Å². The van der Waals surface area contributed by atoms with Gasteiger partial charge in [-0.2, -0.15) is 0 Å². The molecule has 0 aromatic heterocycles. The van der Waals surface area contributed by atoms with E-state index in [1.165, 1.54) is 0 Å². The summed E-state index contributed by atoms with van der Waals surface area (Å²) in [5.74, 6) is -2.00. The predicted octanol–water partition coefficient (Wildman–Crippen LogP) is -9.12. The molecular formula is C15H26K2O9. The van der Waals surface area contributed by atoms with Crippen LogP contribution in [0.2, 0.25) is 0 Å². The molecule has 0 saturated carbocycles. The van der Waals surface area contributed by atoms with Gasteiger partial charge in [0, 0.05) is 11.9 Å². The molecule has 0 spiro atoms. The Balaban J connectivity index is -0.000000181. The maximum absolute atomic E-state index is 10.0. The Labute approximate surface area is 238 Å². The zero-order chi connectivity index (χ0) is 19.0. The molecule has 26 heavy (non-hydrogen) atoms. The first-order valence-corrected chi connectivity index (χ1v) is 7.76. The molecular weight excluding hydrogens is 402 g/mol. The fourth-order valence-corrected chi connectivity index (χ4v) is 1.66. The Hall–Kier alpha value is 1.72. The molecule has 0 amide bonds. The summed E-state index contributed by atoms with van der Waals surface area (Å²) in [5.41, 5.74) is 0. The van der Waals surface area contributed by atoms with Crippen LogP contribution >= 0.6 is 0 Å². The van der Waals surface area contributed by atoms with Crippen LogP contribution in [-0.4, -0.2) is 63.6 Å². The van der Waals surface area contributed by atoms with Crippen molar-refractivity contribution in [3.8, 4) is 0 Å². The summed E-state index contributed by atoms with van der Waals surface area (Å²) in [6.07, 6.45) is 0.594. The smallest absolute Gasteiger partial charge is 0.550 e. The standard InChI is InChI=1S/C10H18O4.C5H10O5.2K/c11-9(12)7-5-3-1-2-4-6-8-10(13)14;6-1-3(8)5(10)4(9)2-7;;/h1-8H2,(H,11,12)(H,13,14);1,3-5,7-10H,2H2;;/q;;2*+1/p-2/t;3-,4+,5+;;/m.0../s1. The van der Waals surface area contributed by atoms with E-state index < -0.39 is 36.9 Å². The van der Waals surface area contributed by atoms with Gasteiger partial charge in [-0.1, -0.05) is 25.7 Å². The van der Waals surface area contributed by atoms with Gasteiger partial charge in [-0.25, -0.2) is 0 Å². The number of aliphatic hydroxyl groups is 4. The number of carbonyl (C=O) groups is 3. The normalized spacial score (nSPS) is 12.9. The molecule has 0 rings (SSSR count). The zero-order valence-electron chi connectivity index (χ0n) is 15.5. The summed E-state index contributed by atoms with van der Waals surface area (Å²) < 4.78 is 0. The largest absolute Gasteiger partial charge is 1.00 e. The van der Waals surface area contributed by atoms with E-state index in [1.54, 1.807) is 0 Å². The second-order valence-corrected chi connectivity index (χ2v) is 5.23. The quantitative estimate of drug-likeness (QED) is 0.126.